The number of esters is 1. The molecule has 0 spiro atoms. The van der Waals surface area contributed by atoms with Crippen LogP contribution in [0.1, 0.15) is 19.4 Å². The van der Waals surface area contributed by atoms with Crippen molar-refractivity contribution in [3.8, 4) is 5.75 Å². The van der Waals surface area contributed by atoms with Gasteiger partial charge in [0.1, 0.15) is 0 Å². The summed E-state index contributed by atoms with van der Waals surface area (Å²) >= 11 is 11.4. The molecule has 1 N–H and O–H groups in total. The fourth-order valence-corrected chi connectivity index (χ4v) is 1.72. The zero-order chi connectivity index (χ0) is 12.3. The van der Waals surface area contributed by atoms with Gasteiger partial charge in [-0.05, 0) is 31.5 Å². The molecular formula is C11H12Cl2O3. The largest absolute Gasteiger partial charge is 0.505 e. The maximum atomic E-state index is 11.4. The third-order valence-corrected chi connectivity index (χ3v) is 2.37. The smallest absolute Gasteiger partial charge is 0.310 e. The van der Waals surface area contributed by atoms with Gasteiger partial charge >= 0.3 is 5.97 Å². The Balaban J connectivity index is 2.79. The van der Waals surface area contributed by atoms with Crippen LogP contribution in [-0.2, 0) is 16.0 Å². The summed E-state index contributed by atoms with van der Waals surface area (Å²) in [4.78, 5) is 11.4. The topological polar surface area (TPSA) is 46.5 Å². The van der Waals surface area contributed by atoms with Gasteiger partial charge in [-0.3, -0.25) is 4.79 Å². The lowest BCUT2D eigenvalue weighted by Crippen LogP contribution is -2.13. The molecule has 0 amide bonds. The van der Waals surface area contributed by atoms with Gasteiger partial charge in [-0.15, -0.1) is 0 Å². The molecule has 1 aromatic rings. The van der Waals surface area contributed by atoms with E-state index in [2.05, 4.69) is 0 Å². The highest BCUT2D eigenvalue weighted by atomic mass is 35.5. The van der Waals surface area contributed by atoms with Crippen molar-refractivity contribution in [2.24, 2.45) is 0 Å². The summed E-state index contributed by atoms with van der Waals surface area (Å²) in [5.74, 6) is -0.530. The number of halogens is 2. The lowest BCUT2D eigenvalue weighted by atomic mass is 10.1. The van der Waals surface area contributed by atoms with Gasteiger partial charge in [0, 0.05) is 0 Å². The van der Waals surface area contributed by atoms with Gasteiger partial charge in [0.25, 0.3) is 0 Å². The molecule has 1 aromatic carbocycles. The third kappa shape index (κ3) is 3.58. The van der Waals surface area contributed by atoms with E-state index in [4.69, 9.17) is 27.9 Å². The summed E-state index contributed by atoms with van der Waals surface area (Å²) in [6.07, 6.45) is -0.0756. The molecule has 0 bridgehead atoms. The minimum absolute atomic E-state index is 0.0813. The summed E-state index contributed by atoms with van der Waals surface area (Å²) in [6.45, 7) is 3.54. The first-order valence-electron chi connectivity index (χ1n) is 4.76. The fourth-order valence-electron chi connectivity index (χ4n) is 1.19. The van der Waals surface area contributed by atoms with Gasteiger partial charge in [-0.25, -0.2) is 0 Å². The quantitative estimate of drug-likeness (QED) is 0.852. The molecule has 0 fully saturated rings. The van der Waals surface area contributed by atoms with E-state index in [1.807, 2.05) is 0 Å². The van der Waals surface area contributed by atoms with Crippen molar-refractivity contribution in [2.75, 3.05) is 0 Å². The molecule has 0 radical (unpaired) electrons. The minimum Gasteiger partial charge on any atom is -0.505 e. The van der Waals surface area contributed by atoms with Gasteiger partial charge in [0.15, 0.2) is 5.75 Å². The normalized spacial score (nSPS) is 10.6. The molecule has 0 heterocycles. The van der Waals surface area contributed by atoms with E-state index >= 15 is 0 Å². The van der Waals surface area contributed by atoms with Crippen LogP contribution in [0.25, 0.3) is 0 Å². The Hall–Kier alpha value is -0.930. The van der Waals surface area contributed by atoms with Crippen LogP contribution in [0, 0.1) is 0 Å². The van der Waals surface area contributed by atoms with Crippen LogP contribution >= 0.6 is 23.2 Å². The molecule has 5 heteroatoms. The maximum Gasteiger partial charge on any atom is 0.310 e. The van der Waals surface area contributed by atoms with Crippen molar-refractivity contribution < 1.29 is 14.6 Å². The van der Waals surface area contributed by atoms with Gasteiger partial charge < -0.3 is 9.84 Å². The van der Waals surface area contributed by atoms with Gasteiger partial charge in [-0.1, -0.05) is 23.2 Å². The number of phenols is 1. The predicted molar refractivity (Wildman–Crippen MR) is 63.1 cm³/mol. The van der Waals surface area contributed by atoms with Crippen LogP contribution in [0.2, 0.25) is 10.0 Å². The monoisotopic (exact) mass is 262 g/mol. The minimum atomic E-state index is -0.354. The van der Waals surface area contributed by atoms with E-state index in [1.165, 1.54) is 12.1 Å². The second-order valence-corrected chi connectivity index (χ2v) is 4.44. The van der Waals surface area contributed by atoms with Crippen LogP contribution in [-0.4, -0.2) is 17.2 Å². The van der Waals surface area contributed by atoms with Crippen LogP contribution in [0.15, 0.2) is 12.1 Å². The molecule has 0 unspecified atom stereocenters. The van der Waals surface area contributed by atoms with Gasteiger partial charge in [-0.2, -0.15) is 0 Å². The van der Waals surface area contributed by atoms with Crippen LogP contribution in [0.4, 0.5) is 0 Å². The van der Waals surface area contributed by atoms with Crippen molar-refractivity contribution >= 4 is 29.2 Å². The molecule has 0 aliphatic carbocycles. The number of phenolic OH excluding ortho intramolecular Hbond substituents is 1. The molecule has 1 rings (SSSR count). The Morgan fingerprint density at radius 1 is 1.38 bits per heavy atom. The zero-order valence-corrected chi connectivity index (χ0v) is 10.5. The van der Waals surface area contributed by atoms with E-state index in [9.17, 15) is 9.90 Å². The fraction of sp³-hybridized carbons (Fsp3) is 0.364. The Bertz CT molecular complexity index is 379. The lowest BCUT2D eigenvalue weighted by Gasteiger charge is -2.08. The van der Waals surface area contributed by atoms with Gasteiger partial charge in [0.05, 0.1) is 22.6 Å². The average molecular weight is 263 g/mol. The molecule has 0 aromatic heterocycles. The molecule has 3 nitrogen and oxygen atoms in total. The Kier molecular flexibility index (Phi) is 4.44. The molecule has 88 valence electrons. The van der Waals surface area contributed by atoms with Crippen molar-refractivity contribution in [3.05, 3.63) is 27.7 Å². The summed E-state index contributed by atoms with van der Waals surface area (Å²) in [7, 11) is 0. The van der Waals surface area contributed by atoms with Crippen molar-refractivity contribution in [1.82, 2.24) is 0 Å². The number of hydrogen-bond acceptors (Lipinski definition) is 3. The maximum absolute atomic E-state index is 11.4. The SMILES string of the molecule is CC(C)OC(=O)Cc1cc(Cl)c(O)c(Cl)c1. The van der Waals surface area contributed by atoms with E-state index in [-0.39, 0.29) is 34.3 Å². The summed E-state index contributed by atoms with van der Waals surface area (Å²) in [5, 5.41) is 9.58. The highest BCUT2D eigenvalue weighted by Gasteiger charge is 2.11. The number of hydrogen-bond donors (Lipinski definition) is 1. The van der Waals surface area contributed by atoms with E-state index < -0.39 is 0 Å². The first kappa shape index (κ1) is 13.1. The Morgan fingerprint density at radius 2 is 1.88 bits per heavy atom. The molecule has 16 heavy (non-hydrogen) atoms. The average Bonchev–Trinajstić information content (AvgIpc) is 2.12. The summed E-state index contributed by atoms with van der Waals surface area (Å²) in [5.41, 5.74) is 0.610. The number of carbonyl (C=O) groups is 1. The zero-order valence-electron chi connectivity index (χ0n) is 8.96. The molecule has 0 aliphatic rings. The van der Waals surface area contributed by atoms with E-state index in [0.29, 0.717) is 5.56 Å². The predicted octanol–water partition coefficient (Wildman–Crippen LogP) is 3.19. The highest BCUT2D eigenvalue weighted by molar-refractivity contribution is 6.37. The van der Waals surface area contributed by atoms with Crippen molar-refractivity contribution in [2.45, 2.75) is 26.4 Å². The number of rotatable bonds is 3. The first-order valence-corrected chi connectivity index (χ1v) is 5.52. The number of aromatic hydroxyl groups is 1. The number of carbonyl (C=O) groups excluding carboxylic acids is 1. The summed E-state index contributed by atoms with van der Waals surface area (Å²) in [6, 6.07) is 2.98. The standard InChI is InChI=1S/C11H12Cl2O3/c1-6(2)16-10(14)5-7-3-8(12)11(15)9(13)4-7/h3-4,6,15H,5H2,1-2H3. The molecule has 0 aliphatic heterocycles. The van der Waals surface area contributed by atoms with Crippen molar-refractivity contribution in [3.63, 3.8) is 0 Å². The second kappa shape index (κ2) is 5.41. The summed E-state index contributed by atoms with van der Waals surface area (Å²) < 4.78 is 4.98. The Labute approximate surface area is 104 Å². The van der Waals surface area contributed by atoms with Crippen LogP contribution in [0.3, 0.4) is 0 Å². The van der Waals surface area contributed by atoms with Crippen LogP contribution < -0.4 is 0 Å². The van der Waals surface area contributed by atoms with E-state index in [1.54, 1.807) is 13.8 Å². The van der Waals surface area contributed by atoms with Gasteiger partial charge in [0.2, 0.25) is 0 Å². The number of benzene rings is 1. The second-order valence-electron chi connectivity index (χ2n) is 3.62. The van der Waals surface area contributed by atoms with E-state index in [0.717, 1.165) is 0 Å². The number of ether oxygens (including phenoxy) is 1. The third-order valence-electron chi connectivity index (χ3n) is 1.79. The van der Waals surface area contributed by atoms with Crippen molar-refractivity contribution in [1.29, 1.82) is 0 Å². The molecule has 0 saturated heterocycles. The highest BCUT2D eigenvalue weighted by Crippen LogP contribution is 2.32. The molecular weight excluding hydrogens is 251 g/mol. The lowest BCUT2D eigenvalue weighted by molar-refractivity contribution is -0.146. The Morgan fingerprint density at radius 3 is 2.31 bits per heavy atom. The first-order chi connectivity index (χ1) is 7.40. The molecule has 0 atom stereocenters. The van der Waals surface area contributed by atoms with Crippen LogP contribution in [0.5, 0.6) is 5.75 Å². The molecule has 0 saturated carbocycles.